The van der Waals surface area contributed by atoms with Crippen molar-refractivity contribution >= 4 is 11.9 Å². The lowest BCUT2D eigenvalue weighted by molar-refractivity contribution is 0.415. The van der Waals surface area contributed by atoms with Gasteiger partial charge in [0.15, 0.2) is 0 Å². The molecule has 1 N–H and O–H groups in total. The Morgan fingerprint density at radius 1 is 1.06 bits per heavy atom. The van der Waals surface area contributed by atoms with E-state index in [1.807, 2.05) is 54.6 Å². The minimum atomic E-state index is 0.827. The summed E-state index contributed by atoms with van der Waals surface area (Å²) in [5.41, 5.74) is 4.92. The van der Waals surface area contributed by atoms with Gasteiger partial charge in [0.05, 0.1) is 19.0 Å². The van der Waals surface area contributed by atoms with Crippen LogP contribution in [0.5, 0.6) is 5.75 Å². The first kappa shape index (κ1) is 11.2. The maximum Gasteiger partial charge on any atom is 0.119 e. The van der Waals surface area contributed by atoms with Crippen LogP contribution in [-0.2, 0) is 0 Å². The van der Waals surface area contributed by atoms with Crippen molar-refractivity contribution in [2.24, 2.45) is 5.10 Å². The Morgan fingerprint density at radius 2 is 1.88 bits per heavy atom. The fourth-order valence-corrected chi connectivity index (χ4v) is 1.42. The van der Waals surface area contributed by atoms with Gasteiger partial charge in [-0.3, -0.25) is 5.43 Å². The normalized spacial score (nSPS) is 10.4. The molecule has 86 valence electrons. The lowest BCUT2D eigenvalue weighted by Gasteiger charge is -2.00. The Hall–Kier alpha value is -2.29. The molecule has 0 radical (unpaired) electrons. The van der Waals surface area contributed by atoms with Gasteiger partial charge in [-0.05, 0) is 29.8 Å². The minimum Gasteiger partial charge on any atom is -0.497 e. The second-order valence-corrected chi connectivity index (χ2v) is 3.51. The smallest absolute Gasteiger partial charge is 0.119 e. The number of methoxy groups -OCH3 is 1. The van der Waals surface area contributed by atoms with Crippen molar-refractivity contribution in [3.05, 3.63) is 60.2 Å². The van der Waals surface area contributed by atoms with Gasteiger partial charge in [-0.2, -0.15) is 5.10 Å². The third-order valence-corrected chi connectivity index (χ3v) is 2.27. The van der Waals surface area contributed by atoms with E-state index in [-0.39, 0.29) is 0 Å². The topological polar surface area (TPSA) is 33.6 Å². The molecule has 0 saturated carbocycles. The van der Waals surface area contributed by atoms with Crippen LogP contribution in [0.4, 0.5) is 5.69 Å². The van der Waals surface area contributed by atoms with Gasteiger partial charge in [0.25, 0.3) is 0 Å². The Balaban J connectivity index is 2.00. The summed E-state index contributed by atoms with van der Waals surface area (Å²) >= 11 is 0. The molecule has 0 amide bonds. The van der Waals surface area contributed by atoms with Crippen LogP contribution in [0, 0.1) is 0 Å². The van der Waals surface area contributed by atoms with E-state index in [0.717, 1.165) is 17.0 Å². The molecule has 0 aliphatic carbocycles. The Bertz CT molecular complexity index is 495. The third-order valence-electron chi connectivity index (χ3n) is 2.27. The Kier molecular flexibility index (Phi) is 3.76. The van der Waals surface area contributed by atoms with E-state index in [1.54, 1.807) is 13.3 Å². The summed E-state index contributed by atoms with van der Waals surface area (Å²) in [6, 6.07) is 17.6. The molecular formula is C14H14N2O. The van der Waals surface area contributed by atoms with E-state index in [9.17, 15) is 0 Å². The monoisotopic (exact) mass is 226 g/mol. The van der Waals surface area contributed by atoms with Crippen molar-refractivity contribution in [3.63, 3.8) is 0 Å². The van der Waals surface area contributed by atoms with E-state index < -0.39 is 0 Å². The van der Waals surface area contributed by atoms with Gasteiger partial charge < -0.3 is 4.74 Å². The van der Waals surface area contributed by atoms with Crippen LogP contribution in [0.2, 0.25) is 0 Å². The van der Waals surface area contributed by atoms with Crippen molar-refractivity contribution in [1.82, 2.24) is 0 Å². The number of nitrogens with zero attached hydrogens (tertiary/aromatic N) is 1. The predicted molar refractivity (Wildman–Crippen MR) is 70.7 cm³/mol. The van der Waals surface area contributed by atoms with Crippen molar-refractivity contribution < 1.29 is 4.74 Å². The summed E-state index contributed by atoms with van der Waals surface area (Å²) in [4.78, 5) is 0. The minimum absolute atomic E-state index is 0.827. The summed E-state index contributed by atoms with van der Waals surface area (Å²) in [5.74, 6) is 0.827. The summed E-state index contributed by atoms with van der Waals surface area (Å²) in [6.45, 7) is 0. The summed E-state index contributed by atoms with van der Waals surface area (Å²) in [6.07, 6.45) is 1.76. The number of anilines is 1. The molecule has 17 heavy (non-hydrogen) atoms. The van der Waals surface area contributed by atoms with Crippen molar-refractivity contribution in [3.8, 4) is 5.75 Å². The SMILES string of the molecule is COc1cccc(C=NNc2ccccc2)c1. The van der Waals surface area contributed by atoms with Crippen LogP contribution in [0.1, 0.15) is 5.56 Å². The average molecular weight is 226 g/mol. The van der Waals surface area contributed by atoms with Crippen LogP contribution in [0.15, 0.2) is 59.7 Å². The molecule has 3 heteroatoms. The molecule has 2 aromatic rings. The molecular weight excluding hydrogens is 212 g/mol. The Labute approximate surface area is 101 Å². The second-order valence-electron chi connectivity index (χ2n) is 3.51. The number of benzene rings is 2. The molecule has 0 aliphatic rings. The number of hydrogen-bond acceptors (Lipinski definition) is 3. The molecule has 0 saturated heterocycles. The molecule has 0 fully saturated rings. The highest BCUT2D eigenvalue weighted by molar-refractivity contribution is 5.80. The highest BCUT2D eigenvalue weighted by Crippen LogP contribution is 2.11. The maximum absolute atomic E-state index is 5.14. The van der Waals surface area contributed by atoms with Gasteiger partial charge in [0.1, 0.15) is 5.75 Å². The first-order valence-corrected chi connectivity index (χ1v) is 5.36. The van der Waals surface area contributed by atoms with Crippen LogP contribution in [0.3, 0.4) is 0 Å². The number of rotatable bonds is 4. The van der Waals surface area contributed by atoms with Gasteiger partial charge >= 0.3 is 0 Å². The van der Waals surface area contributed by atoms with Gasteiger partial charge in [-0.1, -0.05) is 30.3 Å². The molecule has 0 spiro atoms. The zero-order valence-electron chi connectivity index (χ0n) is 9.63. The lowest BCUT2D eigenvalue weighted by Crippen LogP contribution is -1.90. The fourth-order valence-electron chi connectivity index (χ4n) is 1.42. The third kappa shape index (κ3) is 3.34. The number of nitrogens with one attached hydrogen (secondary N) is 1. The molecule has 3 nitrogen and oxygen atoms in total. The molecule has 0 atom stereocenters. The van der Waals surface area contributed by atoms with Gasteiger partial charge in [0.2, 0.25) is 0 Å². The predicted octanol–water partition coefficient (Wildman–Crippen LogP) is 3.14. The summed E-state index contributed by atoms with van der Waals surface area (Å²) in [7, 11) is 1.65. The van der Waals surface area contributed by atoms with Crippen LogP contribution in [-0.4, -0.2) is 13.3 Å². The second kappa shape index (κ2) is 5.70. The summed E-state index contributed by atoms with van der Waals surface area (Å²) in [5, 5.41) is 4.16. The first-order valence-electron chi connectivity index (χ1n) is 5.36. The van der Waals surface area contributed by atoms with E-state index in [1.165, 1.54) is 0 Å². The van der Waals surface area contributed by atoms with Gasteiger partial charge in [0, 0.05) is 0 Å². The van der Waals surface area contributed by atoms with Crippen molar-refractivity contribution in [2.45, 2.75) is 0 Å². The van der Waals surface area contributed by atoms with E-state index >= 15 is 0 Å². The highest BCUT2D eigenvalue weighted by atomic mass is 16.5. The number of para-hydroxylation sites is 1. The highest BCUT2D eigenvalue weighted by Gasteiger charge is 1.91. The van der Waals surface area contributed by atoms with Crippen LogP contribution in [0.25, 0.3) is 0 Å². The molecule has 0 unspecified atom stereocenters. The molecule has 2 rings (SSSR count). The molecule has 0 heterocycles. The van der Waals surface area contributed by atoms with E-state index in [4.69, 9.17) is 4.74 Å². The first-order chi connectivity index (χ1) is 8.38. The van der Waals surface area contributed by atoms with Crippen LogP contribution >= 0.6 is 0 Å². The lowest BCUT2D eigenvalue weighted by atomic mass is 10.2. The molecule has 2 aromatic carbocycles. The zero-order valence-corrected chi connectivity index (χ0v) is 9.63. The zero-order chi connectivity index (χ0) is 11.9. The van der Waals surface area contributed by atoms with Crippen molar-refractivity contribution in [1.29, 1.82) is 0 Å². The largest absolute Gasteiger partial charge is 0.497 e. The maximum atomic E-state index is 5.14. The number of hydrazone groups is 1. The van der Waals surface area contributed by atoms with Crippen molar-refractivity contribution in [2.75, 3.05) is 12.5 Å². The average Bonchev–Trinajstić information content (AvgIpc) is 2.40. The standard InChI is InChI=1S/C14H14N2O/c1-17-14-9-5-6-12(10-14)11-15-16-13-7-3-2-4-8-13/h2-11,16H,1H3. The quantitative estimate of drug-likeness (QED) is 0.642. The van der Waals surface area contributed by atoms with E-state index in [2.05, 4.69) is 10.5 Å². The van der Waals surface area contributed by atoms with Gasteiger partial charge in [-0.25, -0.2) is 0 Å². The molecule has 0 aromatic heterocycles. The summed E-state index contributed by atoms with van der Waals surface area (Å²) < 4.78 is 5.14. The Morgan fingerprint density at radius 3 is 2.65 bits per heavy atom. The molecule has 0 aliphatic heterocycles. The fraction of sp³-hybridized carbons (Fsp3) is 0.0714. The number of ether oxygens (including phenoxy) is 1. The van der Waals surface area contributed by atoms with Crippen LogP contribution < -0.4 is 10.2 Å². The van der Waals surface area contributed by atoms with Gasteiger partial charge in [-0.15, -0.1) is 0 Å². The van der Waals surface area contributed by atoms with E-state index in [0.29, 0.717) is 0 Å². The number of hydrogen-bond donors (Lipinski definition) is 1. The molecule has 0 bridgehead atoms.